The summed E-state index contributed by atoms with van der Waals surface area (Å²) in [6.45, 7) is 1.88. The van der Waals surface area contributed by atoms with Gasteiger partial charge in [-0.25, -0.2) is 8.42 Å². The number of sulfone groups is 1. The van der Waals surface area contributed by atoms with Gasteiger partial charge in [0.2, 0.25) is 16.2 Å². The van der Waals surface area contributed by atoms with E-state index in [1.807, 2.05) is 18.4 Å². The molecule has 0 saturated carbocycles. The highest BCUT2D eigenvalue weighted by atomic mass is 32.2. The third kappa shape index (κ3) is 3.15. The maximum Gasteiger partial charge on any atom is 0.221 e. The first-order valence-electron chi connectivity index (χ1n) is 5.81. The average molecular weight is 307 g/mol. The number of benzene rings is 1. The number of amides is 1. The molecule has 0 bridgehead atoms. The second-order valence-electron chi connectivity index (χ2n) is 4.10. The van der Waals surface area contributed by atoms with Gasteiger partial charge in [-0.2, -0.15) is 0 Å². The van der Waals surface area contributed by atoms with Crippen molar-refractivity contribution in [3.05, 3.63) is 57.2 Å². The van der Waals surface area contributed by atoms with Crippen LogP contribution < -0.4 is 5.32 Å². The molecule has 1 aromatic carbocycles. The molecule has 6 heteroatoms. The van der Waals surface area contributed by atoms with Crippen LogP contribution in [0.3, 0.4) is 0 Å². The van der Waals surface area contributed by atoms with Crippen molar-refractivity contribution in [2.75, 3.05) is 0 Å². The van der Waals surface area contributed by atoms with Crippen LogP contribution in [0.4, 0.5) is 0 Å². The Labute approximate surface area is 121 Å². The molecule has 0 unspecified atom stereocenters. The Morgan fingerprint density at radius 2 is 1.90 bits per heavy atom. The highest BCUT2D eigenvalue weighted by Crippen LogP contribution is 2.21. The van der Waals surface area contributed by atoms with Gasteiger partial charge in [-0.15, -0.1) is 11.3 Å². The van der Waals surface area contributed by atoms with Crippen molar-refractivity contribution in [1.82, 2.24) is 5.32 Å². The zero-order valence-corrected chi connectivity index (χ0v) is 12.4. The van der Waals surface area contributed by atoms with Crippen molar-refractivity contribution in [2.24, 2.45) is 0 Å². The molecule has 0 aliphatic rings. The summed E-state index contributed by atoms with van der Waals surface area (Å²) in [5.41, 5.74) is 0.969. The Bertz CT molecular complexity index is 714. The molecule has 0 aliphatic carbocycles. The largest absolute Gasteiger partial charge is 0.319 e. The first kappa shape index (κ1) is 14.5. The third-order valence-electron chi connectivity index (χ3n) is 2.64. The molecule has 104 valence electrons. The van der Waals surface area contributed by atoms with E-state index in [4.69, 9.17) is 0 Å². The molecule has 0 spiro atoms. The molecule has 1 heterocycles. The van der Waals surface area contributed by atoms with Gasteiger partial charge >= 0.3 is 0 Å². The SMILES string of the molecule is Cc1ccc(S(=O)(=O)/C(=C\c2cccs2)NC=O)cc1. The van der Waals surface area contributed by atoms with Gasteiger partial charge in [-0.1, -0.05) is 23.8 Å². The molecule has 0 radical (unpaired) electrons. The van der Waals surface area contributed by atoms with Gasteiger partial charge < -0.3 is 5.32 Å². The van der Waals surface area contributed by atoms with Crippen molar-refractivity contribution in [2.45, 2.75) is 11.8 Å². The number of rotatable bonds is 5. The van der Waals surface area contributed by atoms with E-state index in [1.165, 1.54) is 29.5 Å². The van der Waals surface area contributed by atoms with Gasteiger partial charge in [-0.3, -0.25) is 4.79 Å². The normalized spacial score (nSPS) is 12.2. The molecular formula is C14H13NO3S2. The maximum atomic E-state index is 12.5. The summed E-state index contributed by atoms with van der Waals surface area (Å²) in [7, 11) is -3.73. The lowest BCUT2D eigenvalue weighted by Gasteiger charge is -2.08. The lowest BCUT2D eigenvalue weighted by Crippen LogP contribution is -2.19. The Morgan fingerprint density at radius 3 is 2.45 bits per heavy atom. The van der Waals surface area contributed by atoms with E-state index in [1.54, 1.807) is 18.2 Å². The first-order valence-corrected chi connectivity index (χ1v) is 8.17. The van der Waals surface area contributed by atoms with Gasteiger partial charge in [0.15, 0.2) is 0 Å². The van der Waals surface area contributed by atoms with E-state index in [9.17, 15) is 13.2 Å². The van der Waals surface area contributed by atoms with E-state index in [-0.39, 0.29) is 9.92 Å². The molecular weight excluding hydrogens is 294 g/mol. The number of hydrogen-bond acceptors (Lipinski definition) is 4. The fourth-order valence-electron chi connectivity index (χ4n) is 1.60. The van der Waals surface area contributed by atoms with E-state index < -0.39 is 9.84 Å². The van der Waals surface area contributed by atoms with E-state index in [2.05, 4.69) is 5.32 Å². The second-order valence-corrected chi connectivity index (χ2v) is 7.00. The lowest BCUT2D eigenvalue weighted by atomic mass is 10.2. The van der Waals surface area contributed by atoms with Crippen molar-refractivity contribution in [3.63, 3.8) is 0 Å². The van der Waals surface area contributed by atoms with Crippen molar-refractivity contribution in [3.8, 4) is 0 Å². The number of thiophene rings is 1. The van der Waals surface area contributed by atoms with Crippen LogP contribution in [0.15, 0.2) is 51.7 Å². The molecule has 0 aliphatic heterocycles. The molecule has 4 nitrogen and oxygen atoms in total. The Kier molecular flexibility index (Phi) is 4.36. The molecule has 0 fully saturated rings. The molecule has 1 aromatic heterocycles. The van der Waals surface area contributed by atoms with E-state index in [0.717, 1.165) is 10.4 Å². The molecule has 1 N–H and O–H groups in total. The van der Waals surface area contributed by atoms with E-state index in [0.29, 0.717) is 6.41 Å². The molecule has 0 atom stereocenters. The number of carbonyl (C=O) groups is 1. The fourth-order valence-corrected chi connectivity index (χ4v) is 3.57. The third-order valence-corrected chi connectivity index (χ3v) is 5.17. The quantitative estimate of drug-likeness (QED) is 0.864. The predicted octanol–water partition coefficient (Wildman–Crippen LogP) is 2.57. The minimum atomic E-state index is -3.73. The van der Waals surface area contributed by atoms with Gasteiger partial charge in [0.25, 0.3) is 0 Å². The van der Waals surface area contributed by atoms with Crippen molar-refractivity contribution < 1.29 is 13.2 Å². The van der Waals surface area contributed by atoms with Crippen LogP contribution in [0.25, 0.3) is 6.08 Å². The molecule has 2 aromatic rings. The number of nitrogens with one attached hydrogen (secondary N) is 1. The van der Waals surface area contributed by atoms with Gasteiger partial charge in [-0.05, 0) is 36.6 Å². The van der Waals surface area contributed by atoms with Gasteiger partial charge in [0.1, 0.15) is 5.03 Å². The highest BCUT2D eigenvalue weighted by molar-refractivity contribution is 7.95. The Morgan fingerprint density at radius 1 is 1.20 bits per heavy atom. The highest BCUT2D eigenvalue weighted by Gasteiger charge is 2.20. The summed E-state index contributed by atoms with van der Waals surface area (Å²) < 4.78 is 24.9. The molecule has 1 amide bonds. The smallest absolute Gasteiger partial charge is 0.221 e. The minimum absolute atomic E-state index is 0.126. The van der Waals surface area contributed by atoms with Crippen LogP contribution in [0.2, 0.25) is 0 Å². The average Bonchev–Trinajstić information content (AvgIpc) is 2.92. The first-order chi connectivity index (χ1) is 9.54. The predicted molar refractivity (Wildman–Crippen MR) is 79.9 cm³/mol. The monoisotopic (exact) mass is 307 g/mol. The summed E-state index contributed by atoms with van der Waals surface area (Å²) in [5, 5.41) is 3.98. The maximum absolute atomic E-state index is 12.5. The van der Waals surface area contributed by atoms with Crippen LogP contribution in [0.1, 0.15) is 10.4 Å². The fraction of sp³-hybridized carbons (Fsp3) is 0.0714. The topological polar surface area (TPSA) is 63.2 Å². The summed E-state index contributed by atoms with van der Waals surface area (Å²) in [4.78, 5) is 11.6. The van der Waals surface area contributed by atoms with Crippen LogP contribution in [0, 0.1) is 6.92 Å². The Balaban J connectivity index is 2.47. The number of carbonyl (C=O) groups excluding carboxylic acids is 1. The second kappa shape index (κ2) is 6.02. The summed E-state index contributed by atoms with van der Waals surface area (Å²) in [5.74, 6) is 0. The zero-order chi connectivity index (χ0) is 14.6. The van der Waals surface area contributed by atoms with Crippen molar-refractivity contribution >= 4 is 33.7 Å². The standard InChI is InChI=1S/C14H13NO3S2/c1-11-4-6-13(7-5-11)20(17,18)14(15-10-16)9-12-3-2-8-19-12/h2-10H,1H3,(H,15,16)/b14-9-. The summed E-state index contributed by atoms with van der Waals surface area (Å²) in [6.07, 6.45) is 1.82. The van der Waals surface area contributed by atoms with Crippen LogP contribution in [0.5, 0.6) is 0 Å². The molecule has 20 heavy (non-hydrogen) atoms. The van der Waals surface area contributed by atoms with Crippen LogP contribution in [-0.2, 0) is 14.6 Å². The summed E-state index contributed by atoms with van der Waals surface area (Å²) >= 11 is 1.39. The molecule has 2 rings (SSSR count). The Hall–Kier alpha value is -1.92. The van der Waals surface area contributed by atoms with Crippen LogP contribution in [-0.4, -0.2) is 14.8 Å². The van der Waals surface area contributed by atoms with Gasteiger partial charge in [0, 0.05) is 4.88 Å². The minimum Gasteiger partial charge on any atom is -0.319 e. The summed E-state index contributed by atoms with van der Waals surface area (Å²) in [6, 6.07) is 10.1. The lowest BCUT2D eigenvalue weighted by molar-refractivity contribution is -0.108. The molecule has 0 saturated heterocycles. The number of aryl methyl sites for hydroxylation is 1. The zero-order valence-electron chi connectivity index (χ0n) is 10.7. The van der Waals surface area contributed by atoms with Crippen molar-refractivity contribution in [1.29, 1.82) is 0 Å². The van der Waals surface area contributed by atoms with Gasteiger partial charge in [0.05, 0.1) is 4.90 Å². The van der Waals surface area contributed by atoms with E-state index >= 15 is 0 Å². The number of hydrogen-bond donors (Lipinski definition) is 1. The van der Waals surface area contributed by atoms with Crippen LogP contribution >= 0.6 is 11.3 Å².